The number of ether oxygens (including phenoxy) is 1. The first kappa shape index (κ1) is 38.1. The van der Waals surface area contributed by atoms with Crippen molar-refractivity contribution in [3.05, 3.63) is 90.8 Å². The van der Waals surface area contributed by atoms with Crippen molar-refractivity contribution in [3.8, 4) is 0 Å². The second kappa shape index (κ2) is 20.8. The molecule has 0 fully saturated rings. The van der Waals surface area contributed by atoms with E-state index in [1.807, 2.05) is 6.08 Å². The number of unbranched alkanes of at least 4 members (excludes halogenated alkanes) is 9. The average Bonchev–Trinajstić information content (AvgIpc) is 3.55. The predicted molar refractivity (Wildman–Crippen MR) is 193 cm³/mol. The van der Waals surface area contributed by atoms with Crippen molar-refractivity contribution in [2.45, 2.75) is 120 Å². The van der Waals surface area contributed by atoms with Crippen molar-refractivity contribution >= 4 is 28.2 Å². The van der Waals surface area contributed by atoms with E-state index < -0.39 is 16.2 Å². The van der Waals surface area contributed by atoms with Crippen LogP contribution in [-0.4, -0.2) is 50.1 Å². The van der Waals surface area contributed by atoms with E-state index in [-0.39, 0.29) is 16.9 Å². The summed E-state index contributed by atoms with van der Waals surface area (Å²) < 4.78 is 38.3. The van der Waals surface area contributed by atoms with E-state index in [4.69, 9.17) is 8.92 Å². The minimum atomic E-state index is -3.99. The molecule has 0 saturated carbocycles. The van der Waals surface area contributed by atoms with E-state index in [0.717, 1.165) is 69.0 Å². The molecule has 258 valence electrons. The third kappa shape index (κ3) is 13.3. The van der Waals surface area contributed by atoms with Gasteiger partial charge in [-0.2, -0.15) is 8.42 Å². The van der Waals surface area contributed by atoms with Crippen LogP contribution in [0.25, 0.3) is 12.2 Å². The van der Waals surface area contributed by atoms with Crippen LogP contribution in [0.4, 0.5) is 0 Å². The lowest BCUT2D eigenvalue weighted by Crippen LogP contribution is -2.44. The van der Waals surface area contributed by atoms with Gasteiger partial charge in [0.1, 0.15) is 0 Å². The second-order valence-electron chi connectivity index (χ2n) is 12.5. The van der Waals surface area contributed by atoms with Gasteiger partial charge in [-0.15, -0.1) is 0 Å². The predicted octanol–water partition coefficient (Wildman–Crippen LogP) is 9.32. The molecule has 8 heteroatoms. The van der Waals surface area contributed by atoms with E-state index in [2.05, 4.69) is 66.5 Å². The Balaban J connectivity index is 1.76. The standard InChI is InChI=1S/C39H56N2O5S/c1-5-8-9-10-12-15-18-37(41-30-29-40(32-41)31-35-23-21-33(6-2)22-24-35)38(19-16-13-11-14-17-20-39(42)45-4)46-47(43,44)36-27-25-34(7-3)26-28-36/h6-7,21-30,37-38H,2-3,5,8-20,31-32H2,1,4H3. The molecule has 0 spiro atoms. The lowest BCUT2D eigenvalue weighted by molar-refractivity contribution is -0.140. The summed E-state index contributed by atoms with van der Waals surface area (Å²) in [7, 11) is -2.57. The van der Waals surface area contributed by atoms with Gasteiger partial charge in [-0.05, 0) is 48.1 Å². The summed E-state index contributed by atoms with van der Waals surface area (Å²) in [6, 6.07) is 15.0. The first-order valence-electron chi connectivity index (χ1n) is 17.4. The lowest BCUT2D eigenvalue weighted by Gasteiger charge is -2.35. The number of esters is 1. The summed E-state index contributed by atoms with van der Waals surface area (Å²) in [5, 5.41) is 0. The molecule has 2 aromatic carbocycles. The zero-order chi connectivity index (χ0) is 33.9. The van der Waals surface area contributed by atoms with Crippen LogP contribution >= 0.6 is 0 Å². The molecule has 0 saturated heterocycles. The molecule has 2 unspecified atom stereocenters. The molecule has 0 aromatic heterocycles. The van der Waals surface area contributed by atoms with Gasteiger partial charge in [0.15, 0.2) is 0 Å². The minimum Gasteiger partial charge on any atom is -0.469 e. The van der Waals surface area contributed by atoms with Gasteiger partial charge in [0.2, 0.25) is 0 Å². The maximum absolute atomic E-state index is 13.7. The number of carbonyl (C=O) groups is 1. The fraction of sp³-hybridized carbons (Fsp3) is 0.513. The van der Waals surface area contributed by atoms with E-state index in [9.17, 15) is 13.2 Å². The SMILES string of the molecule is C=Cc1ccc(CN2C=CN(C(CCCCCCCC)C(CCCCCCCC(=O)OC)OS(=O)(=O)c3ccc(C=C)cc3)C2)cc1. The molecule has 47 heavy (non-hydrogen) atoms. The summed E-state index contributed by atoms with van der Waals surface area (Å²) in [5.74, 6) is -0.177. The van der Waals surface area contributed by atoms with E-state index in [0.29, 0.717) is 19.5 Å². The molecule has 7 nitrogen and oxygen atoms in total. The molecule has 0 bridgehead atoms. The Labute approximate surface area is 284 Å². The van der Waals surface area contributed by atoms with Gasteiger partial charge in [0, 0.05) is 25.4 Å². The van der Waals surface area contributed by atoms with Crippen LogP contribution in [-0.2, 0) is 30.4 Å². The first-order chi connectivity index (χ1) is 22.8. The third-order valence-electron chi connectivity index (χ3n) is 8.88. The highest BCUT2D eigenvalue weighted by atomic mass is 32.2. The number of carbonyl (C=O) groups excluding carboxylic acids is 1. The highest BCUT2D eigenvalue weighted by Crippen LogP contribution is 2.28. The number of hydrogen-bond acceptors (Lipinski definition) is 7. The second-order valence-corrected chi connectivity index (χ2v) is 14.1. The van der Waals surface area contributed by atoms with Crippen LogP contribution in [0.5, 0.6) is 0 Å². The Kier molecular flexibility index (Phi) is 16.8. The van der Waals surface area contributed by atoms with Crippen LogP contribution in [0.2, 0.25) is 0 Å². The van der Waals surface area contributed by atoms with E-state index in [1.54, 1.807) is 30.3 Å². The van der Waals surface area contributed by atoms with Gasteiger partial charge >= 0.3 is 5.97 Å². The highest BCUT2D eigenvalue weighted by Gasteiger charge is 2.33. The van der Waals surface area contributed by atoms with Gasteiger partial charge < -0.3 is 14.5 Å². The van der Waals surface area contributed by atoms with Crippen molar-refractivity contribution in [1.82, 2.24) is 9.80 Å². The Morgan fingerprint density at radius 3 is 2.00 bits per heavy atom. The molecular formula is C39H56N2O5S. The Hall–Kier alpha value is -3.36. The Morgan fingerprint density at radius 2 is 1.38 bits per heavy atom. The Bertz CT molecular complexity index is 1350. The quantitative estimate of drug-likeness (QED) is 0.0629. The largest absolute Gasteiger partial charge is 0.469 e. The monoisotopic (exact) mass is 664 g/mol. The zero-order valence-electron chi connectivity index (χ0n) is 28.7. The molecule has 1 heterocycles. The molecule has 1 aliphatic rings. The lowest BCUT2D eigenvalue weighted by atomic mass is 9.96. The van der Waals surface area contributed by atoms with Gasteiger partial charge in [0.25, 0.3) is 10.1 Å². The van der Waals surface area contributed by atoms with Crippen molar-refractivity contribution in [1.29, 1.82) is 0 Å². The van der Waals surface area contributed by atoms with Crippen LogP contribution in [0.1, 0.15) is 114 Å². The molecule has 1 aliphatic heterocycles. The summed E-state index contributed by atoms with van der Waals surface area (Å²) >= 11 is 0. The fourth-order valence-corrected chi connectivity index (χ4v) is 7.17. The van der Waals surface area contributed by atoms with Crippen LogP contribution < -0.4 is 0 Å². The molecular weight excluding hydrogens is 609 g/mol. The van der Waals surface area contributed by atoms with Crippen LogP contribution in [0.3, 0.4) is 0 Å². The topological polar surface area (TPSA) is 76.2 Å². The number of benzene rings is 2. The highest BCUT2D eigenvalue weighted by molar-refractivity contribution is 7.86. The zero-order valence-corrected chi connectivity index (χ0v) is 29.5. The average molecular weight is 665 g/mol. The molecule has 2 atom stereocenters. The summed E-state index contributed by atoms with van der Waals surface area (Å²) in [6.45, 7) is 11.3. The third-order valence-corrected chi connectivity index (χ3v) is 10.2. The number of hydrogen-bond donors (Lipinski definition) is 0. The summed E-state index contributed by atoms with van der Waals surface area (Å²) in [4.78, 5) is 16.2. The van der Waals surface area contributed by atoms with Gasteiger partial charge in [0.05, 0.1) is 30.8 Å². The van der Waals surface area contributed by atoms with Crippen molar-refractivity contribution < 1.29 is 22.1 Å². The molecule has 3 rings (SSSR count). The van der Waals surface area contributed by atoms with E-state index >= 15 is 0 Å². The smallest absolute Gasteiger partial charge is 0.305 e. The molecule has 0 radical (unpaired) electrons. The van der Waals surface area contributed by atoms with E-state index in [1.165, 1.54) is 38.4 Å². The molecule has 0 N–H and O–H groups in total. The maximum Gasteiger partial charge on any atom is 0.305 e. The summed E-state index contributed by atoms with van der Waals surface area (Å²) in [6.07, 6.45) is 20.7. The maximum atomic E-state index is 13.7. The summed E-state index contributed by atoms with van der Waals surface area (Å²) in [5.41, 5.74) is 3.16. The van der Waals surface area contributed by atoms with Crippen LogP contribution in [0, 0.1) is 0 Å². The van der Waals surface area contributed by atoms with Gasteiger partial charge in [-0.1, -0.05) is 133 Å². The van der Waals surface area contributed by atoms with Crippen molar-refractivity contribution in [3.63, 3.8) is 0 Å². The number of rotatable bonds is 24. The first-order valence-corrected chi connectivity index (χ1v) is 18.8. The molecule has 2 aromatic rings. The van der Waals surface area contributed by atoms with Crippen molar-refractivity contribution in [2.75, 3.05) is 13.8 Å². The number of methoxy groups -OCH3 is 1. The fourth-order valence-electron chi connectivity index (χ4n) is 6.04. The normalized spacial score (nSPS) is 14.3. The van der Waals surface area contributed by atoms with Crippen molar-refractivity contribution in [2.24, 2.45) is 0 Å². The van der Waals surface area contributed by atoms with Crippen LogP contribution in [0.15, 0.2) is 79.0 Å². The Morgan fingerprint density at radius 1 is 0.809 bits per heavy atom. The molecule has 0 amide bonds. The van der Waals surface area contributed by atoms with Gasteiger partial charge in [-0.25, -0.2) is 0 Å². The minimum absolute atomic E-state index is 0.0906. The molecule has 0 aliphatic carbocycles. The number of nitrogens with zero attached hydrogens (tertiary/aromatic N) is 2. The van der Waals surface area contributed by atoms with Gasteiger partial charge in [-0.3, -0.25) is 8.98 Å².